The number of fused-ring (bicyclic) bond motifs is 5. The summed E-state index contributed by atoms with van der Waals surface area (Å²) in [5.41, 5.74) is 1.80. The molecular weight excluding hydrogens is 340 g/mol. The number of anilines is 2. The smallest absolute Gasteiger partial charge is 0.255 e. The molecule has 2 aromatic rings. The minimum absolute atomic E-state index is 0.0433. The first-order valence-electron chi connectivity index (χ1n) is 9.48. The van der Waals surface area contributed by atoms with Crippen LogP contribution >= 0.6 is 0 Å². The van der Waals surface area contributed by atoms with Crippen LogP contribution < -0.4 is 10.2 Å². The molecule has 3 aliphatic rings. The van der Waals surface area contributed by atoms with Crippen LogP contribution in [-0.2, 0) is 9.59 Å². The molecule has 2 bridgehead atoms. The van der Waals surface area contributed by atoms with Crippen molar-refractivity contribution in [3.8, 4) is 0 Å². The third-order valence-electron chi connectivity index (χ3n) is 6.35. The standard InChI is InChI=1S/C22H20N2O3/c25-20(13-4-2-1-3-5-13)23-16-8-10-17(11-9-16)24-21(26)18-14-6-7-15(12-14)19(18)22(24)27/h1-5,8-11,14-15,18-19H,6-7,12H2,(H,23,25)/t14-,15+,18-,19-/m0/s1. The lowest BCUT2D eigenvalue weighted by molar-refractivity contribution is -0.123. The zero-order valence-electron chi connectivity index (χ0n) is 14.8. The summed E-state index contributed by atoms with van der Waals surface area (Å²) in [5, 5.41) is 2.84. The molecule has 3 amide bonds. The van der Waals surface area contributed by atoms with E-state index in [2.05, 4.69) is 5.32 Å². The summed E-state index contributed by atoms with van der Waals surface area (Å²) in [5.74, 6) is 0.249. The normalized spacial score (nSPS) is 28.5. The van der Waals surface area contributed by atoms with Crippen LogP contribution in [0.15, 0.2) is 54.6 Å². The summed E-state index contributed by atoms with van der Waals surface area (Å²) >= 11 is 0. The van der Waals surface area contributed by atoms with E-state index in [-0.39, 0.29) is 29.6 Å². The maximum absolute atomic E-state index is 12.9. The van der Waals surface area contributed by atoms with Crippen molar-refractivity contribution < 1.29 is 14.4 Å². The lowest BCUT2D eigenvalue weighted by atomic mass is 9.81. The maximum Gasteiger partial charge on any atom is 0.255 e. The van der Waals surface area contributed by atoms with Crippen molar-refractivity contribution in [2.45, 2.75) is 19.3 Å². The molecule has 0 aromatic heterocycles. The first kappa shape index (κ1) is 16.2. The van der Waals surface area contributed by atoms with Gasteiger partial charge in [0.2, 0.25) is 11.8 Å². The van der Waals surface area contributed by atoms with Crippen LogP contribution in [0.2, 0.25) is 0 Å². The van der Waals surface area contributed by atoms with Gasteiger partial charge in [-0.05, 0) is 67.5 Å². The highest BCUT2D eigenvalue weighted by Crippen LogP contribution is 2.56. The number of nitrogens with zero attached hydrogens (tertiary/aromatic N) is 1. The number of imide groups is 1. The predicted octanol–water partition coefficient (Wildman–Crippen LogP) is 3.47. The zero-order chi connectivity index (χ0) is 18.5. The van der Waals surface area contributed by atoms with Crippen LogP contribution in [0, 0.1) is 23.7 Å². The highest BCUT2D eigenvalue weighted by molar-refractivity contribution is 6.22. The summed E-state index contributed by atoms with van der Waals surface area (Å²) < 4.78 is 0. The van der Waals surface area contributed by atoms with E-state index >= 15 is 0 Å². The molecule has 4 atom stereocenters. The van der Waals surface area contributed by atoms with Crippen LogP contribution in [-0.4, -0.2) is 17.7 Å². The van der Waals surface area contributed by atoms with E-state index in [0.29, 0.717) is 28.8 Å². The van der Waals surface area contributed by atoms with Crippen molar-refractivity contribution in [3.63, 3.8) is 0 Å². The molecule has 2 aromatic carbocycles. The summed E-state index contributed by atoms with van der Waals surface area (Å²) in [7, 11) is 0. The Morgan fingerprint density at radius 1 is 0.852 bits per heavy atom. The molecule has 2 aliphatic carbocycles. The number of amides is 3. The molecule has 1 heterocycles. The van der Waals surface area contributed by atoms with E-state index in [4.69, 9.17) is 0 Å². The number of benzene rings is 2. The van der Waals surface area contributed by atoms with Gasteiger partial charge in [-0.1, -0.05) is 18.2 Å². The summed E-state index contributed by atoms with van der Waals surface area (Å²) in [4.78, 5) is 39.3. The van der Waals surface area contributed by atoms with Crippen molar-refractivity contribution in [2.24, 2.45) is 23.7 Å². The molecule has 5 rings (SSSR count). The summed E-state index contributed by atoms with van der Waals surface area (Å²) in [6.45, 7) is 0. The van der Waals surface area contributed by atoms with Gasteiger partial charge in [0, 0.05) is 11.3 Å². The van der Waals surface area contributed by atoms with Crippen LogP contribution in [0.1, 0.15) is 29.6 Å². The largest absolute Gasteiger partial charge is 0.322 e. The Kier molecular flexibility index (Phi) is 3.64. The lowest BCUT2D eigenvalue weighted by Gasteiger charge is -2.19. The van der Waals surface area contributed by atoms with Crippen molar-refractivity contribution in [1.82, 2.24) is 0 Å². The van der Waals surface area contributed by atoms with Crippen molar-refractivity contribution in [3.05, 3.63) is 60.2 Å². The Bertz CT molecular complexity index is 894. The average Bonchev–Trinajstić information content (AvgIpc) is 3.37. The molecule has 2 saturated carbocycles. The third-order valence-corrected chi connectivity index (χ3v) is 6.35. The summed E-state index contributed by atoms with van der Waals surface area (Å²) in [6.07, 6.45) is 3.18. The topological polar surface area (TPSA) is 66.5 Å². The highest BCUT2D eigenvalue weighted by atomic mass is 16.2. The Hall–Kier alpha value is -2.95. The minimum atomic E-state index is -0.192. The number of carbonyl (C=O) groups is 3. The Morgan fingerprint density at radius 3 is 2.04 bits per heavy atom. The van der Waals surface area contributed by atoms with Crippen molar-refractivity contribution >= 4 is 29.1 Å². The molecular formula is C22H20N2O3. The van der Waals surface area contributed by atoms with Crippen molar-refractivity contribution in [2.75, 3.05) is 10.2 Å². The van der Waals surface area contributed by atoms with E-state index in [9.17, 15) is 14.4 Å². The van der Waals surface area contributed by atoms with Crippen molar-refractivity contribution in [1.29, 1.82) is 0 Å². The maximum atomic E-state index is 12.9. The number of nitrogens with one attached hydrogen (secondary N) is 1. The van der Waals surface area contributed by atoms with Gasteiger partial charge in [0.25, 0.3) is 5.91 Å². The molecule has 27 heavy (non-hydrogen) atoms. The average molecular weight is 360 g/mol. The number of carbonyl (C=O) groups excluding carboxylic acids is 3. The molecule has 1 N–H and O–H groups in total. The van der Waals surface area contributed by atoms with Crippen LogP contribution in [0.5, 0.6) is 0 Å². The lowest BCUT2D eigenvalue weighted by Crippen LogP contribution is -2.32. The SMILES string of the molecule is O=C(Nc1ccc(N2C(=O)[C@H]3[C@@H]4CC[C@@H](C4)[C@@H]3C2=O)cc1)c1ccccc1. The van der Waals surface area contributed by atoms with Gasteiger partial charge in [0.05, 0.1) is 17.5 Å². The molecule has 5 heteroatoms. The molecule has 1 saturated heterocycles. The fraction of sp³-hybridized carbons (Fsp3) is 0.318. The van der Waals surface area contributed by atoms with E-state index < -0.39 is 0 Å². The Labute approximate surface area is 157 Å². The van der Waals surface area contributed by atoms with Gasteiger partial charge in [-0.15, -0.1) is 0 Å². The number of rotatable bonds is 3. The second-order valence-electron chi connectivity index (χ2n) is 7.76. The molecule has 0 spiro atoms. The Balaban J connectivity index is 1.34. The minimum Gasteiger partial charge on any atom is -0.322 e. The van der Waals surface area contributed by atoms with Crippen LogP contribution in [0.25, 0.3) is 0 Å². The first-order valence-corrected chi connectivity index (χ1v) is 9.48. The molecule has 136 valence electrons. The van der Waals surface area contributed by atoms with Gasteiger partial charge in [-0.2, -0.15) is 0 Å². The fourth-order valence-corrected chi connectivity index (χ4v) is 5.15. The second-order valence-corrected chi connectivity index (χ2v) is 7.76. The monoisotopic (exact) mass is 360 g/mol. The first-order chi connectivity index (χ1) is 13.1. The molecule has 1 aliphatic heterocycles. The van der Waals surface area contributed by atoms with E-state index in [1.54, 1.807) is 36.4 Å². The highest BCUT2D eigenvalue weighted by Gasteiger charge is 2.61. The quantitative estimate of drug-likeness (QED) is 0.852. The number of hydrogen-bond acceptors (Lipinski definition) is 3. The zero-order valence-corrected chi connectivity index (χ0v) is 14.8. The third kappa shape index (κ3) is 2.49. The number of hydrogen-bond donors (Lipinski definition) is 1. The van der Waals surface area contributed by atoms with E-state index in [1.165, 1.54) is 4.90 Å². The molecule has 5 nitrogen and oxygen atoms in total. The predicted molar refractivity (Wildman–Crippen MR) is 101 cm³/mol. The fourth-order valence-electron chi connectivity index (χ4n) is 5.15. The molecule has 0 unspecified atom stereocenters. The van der Waals surface area contributed by atoms with Crippen LogP contribution in [0.3, 0.4) is 0 Å². The Morgan fingerprint density at radius 2 is 1.44 bits per heavy atom. The molecule has 3 fully saturated rings. The van der Waals surface area contributed by atoms with Gasteiger partial charge in [-0.25, -0.2) is 0 Å². The van der Waals surface area contributed by atoms with E-state index in [1.807, 2.05) is 18.2 Å². The van der Waals surface area contributed by atoms with Gasteiger partial charge in [0.15, 0.2) is 0 Å². The summed E-state index contributed by atoms with van der Waals surface area (Å²) in [6, 6.07) is 15.9. The second kappa shape index (κ2) is 6.05. The van der Waals surface area contributed by atoms with Gasteiger partial charge in [0.1, 0.15) is 0 Å². The van der Waals surface area contributed by atoms with E-state index in [0.717, 1.165) is 19.3 Å². The molecule has 0 radical (unpaired) electrons. The van der Waals surface area contributed by atoms with Gasteiger partial charge >= 0.3 is 0 Å². The van der Waals surface area contributed by atoms with Crippen LogP contribution in [0.4, 0.5) is 11.4 Å². The van der Waals surface area contributed by atoms with Gasteiger partial charge < -0.3 is 5.32 Å². The van der Waals surface area contributed by atoms with Gasteiger partial charge in [-0.3, -0.25) is 19.3 Å².